The van der Waals surface area contributed by atoms with Crippen LogP contribution in [0.1, 0.15) is 78.4 Å². The Kier molecular flexibility index (Phi) is 5.31. The average Bonchev–Trinajstić information content (AvgIpc) is 3.52. The Balaban J connectivity index is 1.30. The summed E-state index contributed by atoms with van der Waals surface area (Å²) in [4.78, 5) is 48.7. The van der Waals surface area contributed by atoms with Crippen LogP contribution in [0.2, 0.25) is 0 Å². The van der Waals surface area contributed by atoms with Crippen LogP contribution in [0.3, 0.4) is 0 Å². The second kappa shape index (κ2) is 8.24. The summed E-state index contributed by atoms with van der Waals surface area (Å²) in [5, 5.41) is 5.09. The van der Waals surface area contributed by atoms with Crippen LogP contribution < -0.4 is 16.4 Å². The van der Waals surface area contributed by atoms with Crippen LogP contribution >= 0.6 is 0 Å². The first kappa shape index (κ1) is 23.8. The maximum atomic E-state index is 13.6. The molecule has 0 bridgehead atoms. The number of hydrogen-bond donors (Lipinski definition) is 3. The summed E-state index contributed by atoms with van der Waals surface area (Å²) in [5.41, 5.74) is 12.2. The molecule has 37 heavy (non-hydrogen) atoms. The Hall–Kier alpha value is -3.53. The molecule has 10 heteroatoms. The second-order valence-electron chi connectivity index (χ2n) is 11.5. The number of urea groups is 1. The summed E-state index contributed by atoms with van der Waals surface area (Å²) < 4.78 is 2.20. The van der Waals surface area contributed by atoms with Gasteiger partial charge in [0, 0.05) is 37.2 Å². The number of hydrogen-bond acceptors (Lipinski definition) is 6. The van der Waals surface area contributed by atoms with Crippen molar-refractivity contribution in [3.8, 4) is 0 Å². The molecule has 2 fully saturated rings. The fourth-order valence-electron chi connectivity index (χ4n) is 6.40. The standard InChI is InChI=1S/C27H33N7O3/c1-15-8-16-9-17(10-22(35)33-6-4-27(5-7-33)24(36)31-25(37)32-27)23-30-13-21(26(2,3)28)34(23)14-20(16)19-12-29-11-18(15)19/h8,12-13,17H,4-7,9-11,14,28H2,1-3H3,(H2,31,32,36,37)/t17-/m0/s1. The fraction of sp³-hybridized carbons (Fsp3) is 0.519. The molecular weight excluding hydrogens is 470 g/mol. The minimum atomic E-state index is -0.896. The molecule has 6 rings (SSSR count). The molecule has 4 amide bonds. The van der Waals surface area contributed by atoms with Gasteiger partial charge >= 0.3 is 6.03 Å². The second-order valence-corrected chi connectivity index (χ2v) is 11.5. The van der Waals surface area contributed by atoms with Crippen molar-refractivity contribution in [2.75, 3.05) is 13.1 Å². The van der Waals surface area contributed by atoms with Crippen LogP contribution in [0.15, 0.2) is 17.3 Å². The van der Waals surface area contributed by atoms with Gasteiger partial charge in [0.15, 0.2) is 0 Å². The Bertz CT molecular complexity index is 1360. The SMILES string of the molecule is Cc1cc2c(c3c1CN=C3)Cn1c(C(C)(C)N)cnc1[C@H](CC(=O)N1CCC3(CC1)NC(=O)NC3=O)C2. The van der Waals surface area contributed by atoms with E-state index < -0.39 is 17.1 Å². The van der Waals surface area contributed by atoms with Gasteiger partial charge in [-0.1, -0.05) is 6.07 Å². The van der Waals surface area contributed by atoms with E-state index in [2.05, 4.69) is 33.2 Å². The maximum absolute atomic E-state index is 13.6. The Morgan fingerprint density at radius 1 is 1.24 bits per heavy atom. The number of rotatable bonds is 3. The highest BCUT2D eigenvalue weighted by atomic mass is 16.2. The third kappa shape index (κ3) is 3.85. The normalized spacial score (nSPS) is 21.8. The Morgan fingerprint density at radius 2 is 2.00 bits per heavy atom. The van der Waals surface area contributed by atoms with Gasteiger partial charge in [-0.15, -0.1) is 0 Å². The van der Waals surface area contributed by atoms with Crippen molar-refractivity contribution in [1.82, 2.24) is 25.1 Å². The van der Waals surface area contributed by atoms with E-state index in [0.717, 1.165) is 11.5 Å². The summed E-state index contributed by atoms with van der Waals surface area (Å²) >= 11 is 0. The van der Waals surface area contributed by atoms with Gasteiger partial charge in [-0.3, -0.25) is 19.9 Å². The highest BCUT2D eigenvalue weighted by Crippen LogP contribution is 2.37. The van der Waals surface area contributed by atoms with E-state index in [1.165, 1.54) is 27.8 Å². The summed E-state index contributed by atoms with van der Waals surface area (Å²) in [7, 11) is 0. The average molecular weight is 504 g/mol. The van der Waals surface area contributed by atoms with E-state index in [1.54, 1.807) is 0 Å². The number of imidazole rings is 1. The number of aryl methyl sites for hydroxylation is 1. The van der Waals surface area contributed by atoms with Gasteiger partial charge in [0.05, 0.1) is 30.5 Å². The predicted octanol–water partition coefficient (Wildman–Crippen LogP) is 1.60. The third-order valence-corrected chi connectivity index (χ3v) is 8.47. The van der Waals surface area contributed by atoms with Gasteiger partial charge in [0.2, 0.25) is 5.91 Å². The number of likely N-dealkylation sites (tertiary alicyclic amines) is 1. The van der Waals surface area contributed by atoms with E-state index in [4.69, 9.17) is 10.7 Å². The van der Waals surface area contributed by atoms with Crippen LogP contribution in [0.25, 0.3) is 0 Å². The molecule has 0 unspecified atom stereocenters. The number of benzene rings is 1. The number of aromatic nitrogens is 2. The zero-order chi connectivity index (χ0) is 26.1. The molecule has 10 nitrogen and oxygen atoms in total. The number of piperidine rings is 1. The lowest BCUT2D eigenvalue weighted by atomic mass is 9.86. The topological polar surface area (TPSA) is 135 Å². The lowest BCUT2D eigenvalue weighted by Crippen LogP contribution is -2.55. The quantitative estimate of drug-likeness (QED) is 0.547. The van der Waals surface area contributed by atoms with Crippen LogP contribution in [0.5, 0.6) is 0 Å². The molecule has 0 saturated carbocycles. The minimum Gasteiger partial charge on any atom is -0.342 e. The van der Waals surface area contributed by atoms with Gasteiger partial charge in [-0.25, -0.2) is 9.78 Å². The monoisotopic (exact) mass is 503 g/mol. The molecule has 2 aromatic rings. The Morgan fingerprint density at radius 3 is 2.68 bits per heavy atom. The number of imide groups is 1. The predicted molar refractivity (Wildman–Crippen MR) is 137 cm³/mol. The molecule has 1 aromatic carbocycles. The van der Waals surface area contributed by atoms with Crippen LogP contribution in [0, 0.1) is 6.92 Å². The number of carbonyl (C=O) groups is 3. The zero-order valence-electron chi connectivity index (χ0n) is 21.6. The lowest BCUT2D eigenvalue weighted by molar-refractivity contribution is -0.136. The largest absolute Gasteiger partial charge is 0.342 e. The van der Waals surface area contributed by atoms with E-state index >= 15 is 0 Å². The van der Waals surface area contributed by atoms with Gasteiger partial charge in [0.25, 0.3) is 5.91 Å². The first-order chi connectivity index (χ1) is 17.6. The summed E-state index contributed by atoms with van der Waals surface area (Å²) in [6, 6.07) is 1.80. The molecule has 1 atom stereocenters. The summed E-state index contributed by atoms with van der Waals surface area (Å²) in [6.07, 6.45) is 5.69. The highest BCUT2D eigenvalue weighted by Gasteiger charge is 2.48. The first-order valence-corrected chi connectivity index (χ1v) is 13.0. The molecule has 194 valence electrons. The number of fused-ring (bicyclic) bond motifs is 4. The number of nitrogens with one attached hydrogen (secondary N) is 2. The molecule has 1 spiro atoms. The van der Waals surface area contributed by atoms with Crippen molar-refractivity contribution < 1.29 is 14.4 Å². The van der Waals surface area contributed by atoms with Gasteiger partial charge in [-0.2, -0.15) is 0 Å². The van der Waals surface area contributed by atoms with Crippen LogP contribution in [-0.2, 0) is 34.6 Å². The maximum Gasteiger partial charge on any atom is 0.322 e. The number of nitrogens with two attached hydrogens (primary N) is 1. The van der Waals surface area contributed by atoms with Crippen molar-refractivity contribution in [1.29, 1.82) is 0 Å². The van der Waals surface area contributed by atoms with E-state index in [9.17, 15) is 14.4 Å². The van der Waals surface area contributed by atoms with Gasteiger partial charge in [0.1, 0.15) is 11.4 Å². The number of amides is 4. The number of carbonyl (C=O) groups excluding carboxylic acids is 3. The molecule has 2 saturated heterocycles. The van der Waals surface area contributed by atoms with Crippen molar-refractivity contribution in [2.24, 2.45) is 10.7 Å². The van der Waals surface area contributed by atoms with E-state index in [1.807, 2.05) is 31.2 Å². The fourth-order valence-corrected chi connectivity index (χ4v) is 6.40. The van der Waals surface area contributed by atoms with Crippen molar-refractivity contribution >= 4 is 24.1 Å². The molecule has 1 aromatic heterocycles. The number of aliphatic imine (C=N–C) groups is 1. The molecule has 4 aliphatic rings. The van der Waals surface area contributed by atoms with E-state index in [0.29, 0.717) is 51.9 Å². The number of nitrogens with zero attached hydrogens (tertiary/aromatic N) is 4. The Labute approximate surface area is 215 Å². The molecule has 0 aliphatic carbocycles. The molecule has 0 radical (unpaired) electrons. The third-order valence-electron chi connectivity index (χ3n) is 8.47. The molecular formula is C27H33N7O3. The highest BCUT2D eigenvalue weighted by molar-refractivity contribution is 6.07. The van der Waals surface area contributed by atoms with Gasteiger partial charge < -0.3 is 20.5 Å². The zero-order valence-corrected chi connectivity index (χ0v) is 21.6. The van der Waals surface area contributed by atoms with Crippen molar-refractivity contribution in [3.05, 3.63) is 51.6 Å². The van der Waals surface area contributed by atoms with Crippen molar-refractivity contribution in [2.45, 2.75) is 76.5 Å². The lowest BCUT2D eigenvalue weighted by Gasteiger charge is -2.37. The van der Waals surface area contributed by atoms with Crippen LogP contribution in [0.4, 0.5) is 4.79 Å². The molecule has 5 heterocycles. The van der Waals surface area contributed by atoms with Gasteiger partial charge in [-0.05, 0) is 62.3 Å². The summed E-state index contributed by atoms with van der Waals surface area (Å²) in [5.74, 6) is 0.521. The molecule has 4 N–H and O–H groups in total. The minimum absolute atomic E-state index is 0.0376. The van der Waals surface area contributed by atoms with Crippen molar-refractivity contribution in [3.63, 3.8) is 0 Å². The molecule has 4 aliphatic heterocycles. The smallest absolute Gasteiger partial charge is 0.322 e. The first-order valence-electron chi connectivity index (χ1n) is 13.0. The summed E-state index contributed by atoms with van der Waals surface area (Å²) in [6.45, 7) is 8.30. The van der Waals surface area contributed by atoms with Crippen LogP contribution in [-0.4, -0.2) is 57.1 Å². The van der Waals surface area contributed by atoms with E-state index in [-0.39, 0.29) is 17.7 Å².